The SMILES string of the molecule is O=C(O)c1ccc(N/N=C\c2cccc(OC(=O)c3cccc([N+](=O)[O-])c3)c2)cc1. The van der Waals surface area contributed by atoms with Crippen molar-refractivity contribution in [1.82, 2.24) is 0 Å². The molecule has 0 aliphatic heterocycles. The third kappa shape index (κ3) is 5.26. The number of benzene rings is 3. The molecule has 0 bridgehead atoms. The number of nitro groups is 1. The molecular weight excluding hydrogens is 390 g/mol. The van der Waals surface area contributed by atoms with Crippen LogP contribution < -0.4 is 10.2 Å². The molecular formula is C21H15N3O6. The summed E-state index contributed by atoms with van der Waals surface area (Å²) in [7, 11) is 0. The van der Waals surface area contributed by atoms with Gasteiger partial charge in [-0.2, -0.15) is 5.10 Å². The van der Waals surface area contributed by atoms with E-state index in [9.17, 15) is 19.7 Å². The zero-order chi connectivity index (χ0) is 21.5. The van der Waals surface area contributed by atoms with Crippen molar-refractivity contribution >= 4 is 29.5 Å². The summed E-state index contributed by atoms with van der Waals surface area (Å²) in [5.41, 5.74) is 4.03. The average molecular weight is 405 g/mol. The number of hydrogen-bond acceptors (Lipinski definition) is 7. The first-order chi connectivity index (χ1) is 14.4. The van der Waals surface area contributed by atoms with E-state index in [-0.39, 0.29) is 22.6 Å². The molecule has 3 aromatic carbocycles. The van der Waals surface area contributed by atoms with Gasteiger partial charge >= 0.3 is 11.9 Å². The Morgan fingerprint density at radius 3 is 2.43 bits per heavy atom. The van der Waals surface area contributed by atoms with Crippen LogP contribution in [0.2, 0.25) is 0 Å². The third-order valence-electron chi connectivity index (χ3n) is 3.90. The summed E-state index contributed by atoms with van der Waals surface area (Å²) in [5.74, 6) is -1.48. The minimum Gasteiger partial charge on any atom is -0.478 e. The molecule has 0 saturated heterocycles. The Morgan fingerprint density at radius 2 is 1.73 bits per heavy atom. The summed E-state index contributed by atoms with van der Waals surface area (Å²) in [5, 5.41) is 23.8. The molecule has 9 nitrogen and oxygen atoms in total. The second-order valence-corrected chi connectivity index (χ2v) is 6.02. The molecule has 30 heavy (non-hydrogen) atoms. The van der Waals surface area contributed by atoms with Gasteiger partial charge < -0.3 is 9.84 Å². The molecule has 0 radical (unpaired) electrons. The summed E-state index contributed by atoms with van der Waals surface area (Å²) in [6.45, 7) is 0. The number of carboxylic acids is 1. The Bertz CT molecular complexity index is 1130. The summed E-state index contributed by atoms with van der Waals surface area (Å²) < 4.78 is 5.28. The molecule has 0 spiro atoms. The zero-order valence-corrected chi connectivity index (χ0v) is 15.4. The first kappa shape index (κ1) is 20.2. The highest BCUT2D eigenvalue weighted by atomic mass is 16.6. The van der Waals surface area contributed by atoms with E-state index in [4.69, 9.17) is 9.84 Å². The minimum absolute atomic E-state index is 0.0646. The van der Waals surface area contributed by atoms with Gasteiger partial charge in [-0.05, 0) is 48.0 Å². The molecule has 2 N–H and O–H groups in total. The van der Waals surface area contributed by atoms with E-state index in [1.54, 1.807) is 36.4 Å². The lowest BCUT2D eigenvalue weighted by Gasteiger charge is -2.05. The Labute approximate surface area is 170 Å². The predicted octanol–water partition coefficient (Wildman–Crippen LogP) is 3.96. The smallest absolute Gasteiger partial charge is 0.343 e. The van der Waals surface area contributed by atoms with E-state index in [1.165, 1.54) is 36.5 Å². The van der Waals surface area contributed by atoms with Crippen LogP contribution in [-0.2, 0) is 0 Å². The van der Waals surface area contributed by atoms with Crippen molar-refractivity contribution < 1.29 is 24.4 Å². The van der Waals surface area contributed by atoms with Crippen LogP contribution in [0.15, 0.2) is 77.9 Å². The fourth-order valence-corrected chi connectivity index (χ4v) is 2.44. The number of ether oxygens (including phenoxy) is 1. The lowest BCUT2D eigenvalue weighted by Crippen LogP contribution is -2.09. The van der Waals surface area contributed by atoms with E-state index in [0.29, 0.717) is 11.3 Å². The number of rotatable bonds is 7. The van der Waals surface area contributed by atoms with E-state index < -0.39 is 16.9 Å². The molecule has 3 aromatic rings. The third-order valence-corrected chi connectivity index (χ3v) is 3.90. The fourth-order valence-electron chi connectivity index (χ4n) is 2.44. The Kier molecular flexibility index (Phi) is 6.14. The monoisotopic (exact) mass is 405 g/mol. The lowest BCUT2D eigenvalue weighted by molar-refractivity contribution is -0.384. The minimum atomic E-state index is -1.01. The first-order valence-electron chi connectivity index (χ1n) is 8.61. The molecule has 0 aliphatic rings. The highest BCUT2D eigenvalue weighted by molar-refractivity contribution is 5.92. The van der Waals surface area contributed by atoms with Crippen molar-refractivity contribution in [2.45, 2.75) is 0 Å². The van der Waals surface area contributed by atoms with Gasteiger partial charge in [-0.1, -0.05) is 18.2 Å². The number of hydrazone groups is 1. The van der Waals surface area contributed by atoms with E-state index >= 15 is 0 Å². The van der Waals surface area contributed by atoms with Crippen LogP contribution >= 0.6 is 0 Å². The van der Waals surface area contributed by atoms with Crippen LogP contribution in [0, 0.1) is 10.1 Å². The standard InChI is InChI=1S/C21H15N3O6/c25-20(26)15-7-9-17(10-8-15)23-22-13-14-3-1-6-19(11-14)30-21(27)16-4-2-5-18(12-16)24(28)29/h1-13,23H,(H,25,26)/b22-13-. The number of anilines is 1. The molecule has 0 saturated carbocycles. The molecule has 0 fully saturated rings. The van der Waals surface area contributed by atoms with Crippen LogP contribution in [0.4, 0.5) is 11.4 Å². The summed E-state index contributed by atoms with van der Waals surface area (Å²) in [4.78, 5) is 33.3. The van der Waals surface area contributed by atoms with Gasteiger partial charge in [0.25, 0.3) is 5.69 Å². The summed E-state index contributed by atoms with van der Waals surface area (Å²) in [6, 6.07) is 17.9. The number of hydrogen-bond donors (Lipinski definition) is 2. The van der Waals surface area contributed by atoms with Gasteiger partial charge in [0.05, 0.1) is 28.0 Å². The largest absolute Gasteiger partial charge is 0.478 e. The number of nitrogens with zero attached hydrogens (tertiary/aromatic N) is 2. The maximum absolute atomic E-state index is 12.2. The highest BCUT2D eigenvalue weighted by Crippen LogP contribution is 2.18. The number of esters is 1. The second kappa shape index (κ2) is 9.11. The zero-order valence-electron chi connectivity index (χ0n) is 15.4. The van der Waals surface area contributed by atoms with Crippen molar-refractivity contribution in [2.75, 3.05) is 5.43 Å². The molecule has 9 heteroatoms. The molecule has 0 amide bonds. The number of carbonyl (C=O) groups is 2. The van der Waals surface area contributed by atoms with Crippen molar-refractivity contribution in [3.05, 3.63) is 99.6 Å². The number of nitro benzene ring substituents is 1. The van der Waals surface area contributed by atoms with Gasteiger partial charge in [-0.3, -0.25) is 15.5 Å². The molecule has 0 heterocycles. The molecule has 0 aromatic heterocycles. The van der Waals surface area contributed by atoms with Crippen molar-refractivity contribution in [1.29, 1.82) is 0 Å². The average Bonchev–Trinajstić information content (AvgIpc) is 2.74. The van der Waals surface area contributed by atoms with Crippen molar-refractivity contribution in [3.63, 3.8) is 0 Å². The van der Waals surface area contributed by atoms with E-state index in [0.717, 1.165) is 6.07 Å². The first-order valence-corrected chi connectivity index (χ1v) is 8.61. The fraction of sp³-hybridized carbons (Fsp3) is 0. The Balaban J connectivity index is 1.65. The Hall–Kier alpha value is -4.53. The van der Waals surface area contributed by atoms with Crippen LogP contribution in [0.25, 0.3) is 0 Å². The van der Waals surface area contributed by atoms with Gasteiger partial charge in [-0.25, -0.2) is 9.59 Å². The van der Waals surface area contributed by atoms with Crippen LogP contribution in [-0.4, -0.2) is 28.2 Å². The number of non-ortho nitro benzene ring substituents is 1. The number of aromatic carboxylic acids is 1. The summed E-state index contributed by atoms with van der Waals surface area (Å²) in [6.07, 6.45) is 1.50. The topological polar surface area (TPSA) is 131 Å². The van der Waals surface area contributed by atoms with Gasteiger partial charge in [0.15, 0.2) is 0 Å². The van der Waals surface area contributed by atoms with Crippen molar-refractivity contribution in [2.24, 2.45) is 5.10 Å². The van der Waals surface area contributed by atoms with Gasteiger partial charge in [-0.15, -0.1) is 0 Å². The van der Waals surface area contributed by atoms with Crippen molar-refractivity contribution in [3.8, 4) is 5.75 Å². The predicted molar refractivity (Wildman–Crippen MR) is 109 cm³/mol. The second-order valence-electron chi connectivity index (χ2n) is 6.02. The molecule has 0 aliphatic carbocycles. The quantitative estimate of drug-likeness (QED) is 0.200. The van der Waals surface area contributed by atoms with Crippen LogP contribution in [0.1, 0.15) is 26.3 Å². The van der Waals surface area contributed by atoms with Crippen LogP contribution in [0.3, 0.4) is 0 Å². The Morgan fingerprint density at radius 1 is 1.00 bits per heavy atom. The maximum atomic E-state index is 12.2. The van der Waals surface area contributed by atoms with Gasteiger partial charge in [0, 0.05) is 12.1 Å². The van der Waals surface area contributed by atoms with Gasteiger partial charge in [0.2, 0.25) is 0 Å². The molecule has 0 unspecified atom stereocenters. The number of carboxylic acid groups (broad SMARTS) is 1. The highest BCUT2D eigenvalue weighted by Gasteiger charge is 2.13. The molecule has 0 atom stereocenters. The maximum Gasteiger partial charge on any atom is 0.343 e. The van der Waals surface area contributed by atoms with E-state index in [2.05, 4.69) is 10.5 Å². The molecule has 3 rings (SSSR count). The van der Waals surface area contributed by atoms with Crippen LogP contribution in [0.5, 0.6) is 5.75 Å². The number of carbonyl (C=O) groups excluding carboxylic acids is 1. The van der Waals surface area contributed by atoms with Gasteiger partial charge in [0.1, 0.15) is 5.75 Å². The lowest BCUT2D eigenvalue weighted by atomic mass is 10.2. The normalized spacial score (nSPS) is 10.5. The molecule has 150 valence electrons. The van der Waals surface area contributed by atoms with E-state index in [1.807, 2.05) is 0 Å². The summed E-state index contributed by atoms with van der Waals surface area (Å²) >= 11 is 0. The number of nitrogens with one attached hydrogen (secondary N) is 1.